The molecule has 5 rings (SSSR count). The summed E-state index contributed by atoms with van der Waals surface area (Å²) in [7, 11) is 0. The highest BCUT2D eigenvalue weighted by molar-refractivity contribution is 7.98. The average Bonchev–Trinajstić information content (AvgIpc) is 3.63. The van der Waals surface area contributed by atoms with Crippen LogP contribution in [0.4, 0.5) is 13.2 Å². The van der Waals surface area contributed by atoms with Gasteiger partial charge in [-0.2, -0.15) is 13.2 Å². The lowest BCUT2D eigenvalue weighted by molar-refractivity contribution is -0.137. The van der Waals surface area contributed by atoms with Crippen molar-refractivity contribution in [1.29, 1.82) is 0 Å². The maximum atomic E-state index is 13.4. The molecule has 1 aliphatic rings. The monoisotopic (exact) mass is 516 g/mol. The summed E-state index contributed by atoms with van der Waals surface area (Å²) in [4.78, 5) is 23.0. The van der Waals surface area contributed by atoms with Crippen LogP contribution in [0.5, 0.6) is 0 Å². The molecule has 1 aromatic carbocycles. The van der Waals surface area contributed by atoms with E-state index in [0.29, 0.717) is 28.0 Å². The van der Waals surface area contributed by atoms with Gasteiger partial charge in [0.05, 0.1) is 17.0 Å². The van der Waals surface area contributed by atoms with Gasteiger partial charge in [0.15, 0.2) is 11.0 Å². The molecule has 0 unspecified atom stereocenters. The summed E-state index contributed by atoms with van der Waals surface area (Å²) in [5, 5.41) is 11.4. The third kappa shape index (κ3) is 5.08. The Kier molecular flexibility index (Phi) is 6.56. The molecule has 0 atom stereocenters. The van der Waals surface area contributed by atoms with Gasteiger partial charge in [-0.1, -0.05) is 17.8 Å². The largest absolute Gasteiger partial charge is 0.416 e. The number of hydrogen-bond acceptors (Lipinski definition) is 7. The Labute approximate surface area is 207 Å². The van der Waals surface area contributed by atoms with Crippen molar-refractivity contribution < 1.29 is 18.0 Å². The van der Waals surface area contributed by atoms with Crippen LogP contribution < -0.4 is 0 Å². The van der Waals surface area contributed by atoms with E-state index in [-0.39, 0.29) is 11.6 Å². The number of benzene rings is 1. The lowest BCUT2D eigenvalue weighted by Gasteiger charge is -2.13. The minimum Gasteiger partial charge on any atom is -0.337 e. The SMILES string of the molecule is O=C(c1csc(CSc2nnc(-c3cccnc3)n2-c2cccc(C(F)(F)F)c2)n1)N1CCCC1. The molecule has 180 valence electrons. The van der Waals surface area contributed by atoms with Crippen LogP contribution in [0.15, 0.2) is 59.3 Å². The molecule has 0 radical (unpaired) electrons. The fourth-order valence-corrected chi connectivity index (χ4v) is 5.52. The number of alkyl halides is 3. The van der Waals surface area contributed by atoms with Gasteiger partial charge in [0.1, 0.15) is 10.7 Å². The molecule has 4 aromatic rings. The quantitative estimate of drug-likeness (QED) is 0.322. The Bertz CT molecular complexity index is 1330. The third-order valence-electron chi connectivity index (χ3n) is 5.47. The first kappa shape index (κ1) is 23.5. The van der Waals surface area contributed by atoms with E-state index < -0.39 is 11.7 Å². The van der Waals surface area contributed by atoms with Gasteiger partial charge in [-0.25, -0.2) is 4.98 Å². The third-order valence-corrected chi connectivity index (χ3v) is 7.45. The molecule has 1 saturated heterocycles. The van der Waals surface area contributed by atoms with Crippen molar-refractivity contribution in [2.75, 3.05) is 13.1 Å². The van der Waals surface area contributed by atoms with E-state index in [1.54, 1.807) is 45.4 Å². The number of thiazole rings is 1. The van der Waals surface area contributed by atoms with Gasteiger partial charge in [-0.05, 0) is 43.2 Å². The Morgan fingerprint density at radius 2 is 1.94 bits per heavy atom. The first-order chi connectivity index (χ1) is 16.9. The van der Waals surface area contributed by atoms with Crippen molar-refractivity contribution in [1.82, 2.24) is 29.6 Å². The van der Waals surface area contributed by atoms with Crippen LogP contribution in [0.1, 0.15) is 33.9 Å². The molecular formula is C23H19F3N6OS2. The van der Waals surface area contributed by atoms with Crippen molar-refractivity contribution >= 4 is 29.0 Å². The number of amides is 1. The number of halogens is 3. The van der Waals surface area contributed by atoms with E-state index >= 15 is 0 Å². The van der Waals surface area contributed by atoms with Crippen LogP contribution in [0.3, 0.4) is 0 Å². The molecule has 1 amide bonds. The maximum Gasteiger partial charge on any atom is 0.416 e. The predicted molar refractivity (Wildman–Crippen MR) is 126 cm³/mol. The lowest BCUT2D eigenvalue weighted by atomic mass is 10.2. The normalized spacial score (nSPS) is 14.0. The Hall–Kier alpha value is -3.25. The zero-order chi connectivity index (χ0) is 24.4. The number of rotatable bonds is 6. The summed E-state index contributed by atoms with van der Waals surface area (Å²) < 4.78 is 41.8. The van der Waals surface area contributed by atoms with E-state index in [2.05, 4.69) is 20.2 Å². The zero-order valence-corrected chi connectivity index (χ0v) is 19.9. The predicted octanol–water partition coefficient (Wildman–Crippen LogP) is 5.33. The van der Waals surface area contributed by atoms with Crippen LogP contribution >= 0.6 is 23.1 Å². The van der Waals surface area contributed by atoms with Crippen molar-refractivity contribution in [3.8, 4) is 17.1 Å². The summed E-state index contributed by atoms with van der Waals surface area (Å²) in [6.07, 6.45) is 0.713. The highest BCUT2D eigenvalue weighted by atomic mass is 32.2. The van der Waals surface area contributed by atoms with Gasteiger partial charge >= 0.3 is 6.18 Å². The second-order valence-electron chi connectivity index (χ2n) is 7.85. The summed E-state index contributed by atoms with van der Waals surface area (Å²) in [5.74, 6) is 0.701. The molecule has 35 heavy (non-hydrogen) atoms. The highest BCUT2D eigenvalue weighted by Crippen LogP contribution is 2.34. The number of pyridine rings is 1. The fourth-order valence-electron chi connectivity index (χ4n) is 3.78. The molecule has 7 nitrogen and oxygen atoms in total. The highest BCUT2D eigenvalue weighted by Gasteiger charge is 2.31. The van der Waals surface area contributed by atoms with E-state index in [1.807, 2.05) is 0 Å². The van der Waals surface area contributed by atoms with Crippen LogP contribution in [0.25, 0.3) is 17.1 Å². The van der Waals surface area contributed by atoms with E-state index in [4.69, 9.17) is 0 Å². The molecular weight excluding hydrogens is 497 g/mol. The molecule has 0 bridgehead atoms. The number of hydrogen-bond donors (Lipinski definition) is 0. The summed E-state index contributed by atoms with van der Waals surface area (Å²) >= 11 is 2.66. The number of nitrogens with zero attached hydrogens (tertiary/aromatic N) is 6. The van der Waals surface area contributed by atoms with Gasteiger partial charge in [0, 0.05) is 36.4 Å². The van der Waals surface area contributed by atoms with Crippen LogP contribution in [0.2, 0.25) is 0 Å². The van der Waals surface area contributed by atoms with Crippen molar-refractivity contribution in [2.24, 2.45) is 0 Å². The number of carbonyl (C=O) groups excluding carboxylic acids is 1. The minimum absolute atomic E-state index is 0.0685. The molecule has 4 heterocycles. The molecule has 1 aliphatic heterocycles. The second kappa shape index (κ2) is 9.78. The number of likely N-dealkylation sites (tertiary alicyclic amines) is 1. The van der Waals surface area contributed by atoms with Crippen molar-refractivity contribution in [2.45, 2.75) is 29.9 Å². The number of thioether (sulfide) groups is 1. The van der Waals surface area contributed by atoms with E-state index in [1.165, 1.54) is 29.2 Å². The summed E-state index contributed by atoms with van der Waals surface area (Å²) in [6.45, 7) is 1.50. The van der Waals surface area contributed by atoms with Gasteiger partial charge in [0.2, 0.25) is 0 Å². The molecule has 0 N–H and O–H groups in total. The summed E-state index contributed by atoms with van der Waals surface area (Å²) in [6, 6.07) is 8.53. The van der Waals surface area contributed by atoms with Gasteiger partial charge in [-0.3, -0.25) is 14.3 Å². The standard InChI is InChI=1S/C23H19F3N6OS2/c24-23(25,26)16-6-3-7-17(11-16)32-20(15-5-4-8-27-12-15)29-30-22(32)35-14-19-28-18(13-34-19)21(33)31-9-1-2-10-31/h3-8,11-13H,1-2,9-10,14H2. The molecule has 0 spiro atoms. The Balaban J connectivity index is 1.44. The Morgan fingerprint density at radius 1 is 1.11 bits per heavy atom. The fraction of sp³-hybridized carbons (Fsp3) is 0.261. The van der Waals surface area contributed by atoms with Gasteiger partial charge in [-0.15, -0.1) is 21.5 Å². The minimum atomic E-state index is -4.48. The van der Waals surface area contributed by atoms with E-state index in [9.17, 15) is 18.0 Å². The molecule has 3 aromatic heterocycles. The molecule has 0 aliphatic carbocycles. The molecule has 1 fully saturated rings. The summed E-state index contributed by atoms with van der Waals surface area (Å²) in [5.41, 5.74) is 0.567. The lowest BCUT2D eigenvalue weighted by Crippen LogP contribution is -2.27. The zero-order valence-electron chi connectivity index (χ0n) is 18.3. The van der Waals surface area contributed by atoms with Crippen LogP contribution in [-0.4, -0.2) is 48.6 Å². The topological polar surface area (TPSA) is 76.8 Å². The Morgan fingerprint density at radius 3 is 2.69 bits per heavy atom. The van der Waals surface area contributed by atoms with Gasteiger partial charge < -0.3 is 4.90 Å². The molecule has 0 saturated carbocycles. The van der Waals surface area contributed by atoms with Crippen molar-refractivity contribution in [3.63, 3.8) is 0 Å². The smallest absolute Gasteiger partial charge is 0.337 e. The average molecular weight is 517 g/mol. The molecule has 12 heteroatoms. The van der Waals surface area contributed by atoms with Crippen molar-refractivity contribution in [3.05, 3.63) is 70.4 Å². The second-order valence-corrected chi connectivity index (χ2v) is 9.73. The first-order valence-corrected chi connectivity index (χ1v) is 12.7. The first-order valence-electron chi connectivity index (χ1n) is 10.8. The number of carbonyl (C=O) groups is 1. The number of aromatic nitrogens is 5. The van der Waals surface area contributed by atoms with E-state index in [0.717, 1.165) is 43.1 Å². The van der Waals surface area contributed by atoms with Crippen LogP contribution in [-0.2, 0) is 11.9 Å². The van der Waals surface area contributed by atoms with Gasteiger partial charge in [0.25, 0.3) is 5.91 Å². The maximum absolute atomic E-state index is 13.4. The van der Waals surface area contributed by atoms with Crippen LogP contribution in [0, 0.1) is 0 Å².